The maximum Gasteiger partial charge on any atom is 0.264 e. The van der Waals surface area contributed by atoms with Crippen LogP contribution in [0.1, 0.15) is 11.3 Å². The number of halogens is 2. The molecule has 0 fully saturated rings. The van der Waals surface area contributed by atoms with Crippen LogP contribution >= 0.6 is 23.2 Å². The van der Waals surface area contributed by atoms with E-state index in [0.717, 1.165) is 33.6 Å². The molecule has 0 unspecified atom stereocenters. The lowest BCUT2D eigenvalue weighted by Gasteiger charge is -2.14. The molecule has 6 nitrogen and oxygen atoms in total. The number of aryl methyl sites for hydroxylation is 1. The molecule has 0 aliphatic rings. The van der Waals surface area contributed by atoms with Gasteiger partial charge in [-0.25, -0.2) is 18.1 Å². The van der Waals surface area contributed by atoms with E-state index in [1.54, 1.807) is 18.2 Å². The summed E-state index contributed by atoms with van der Waals surface area (Å²) in [6.45, 7) is 2.02. The molecule has 3 N–H and O–H groups in total. The van der Waals surface area contributed by atoms with Crippen molar-refractivity contribution in [2.24, 2.45) is 10.7 Å². The van der Waals surface area contributed by atoms with Gasteiger partial charge in [0.05, 0.1) is 17.1 Å². The van der Waals surface area contributed by atoms with Gasteiger partial charge in [-0.05, 0) is 60.5 Å². The normalized spacial score (nSPS) is 11.9. The van der Waals surface area contributed by atoms with Gasteiger partial charge in [0.15, 0.2) is 0 Å². The lowest BCUT2D eigenvalue weighted by Crippen LogP contribution is -2.36. The first-order valence-electron chi connectivity index (χ1n) is 10.6. The number of benzene rings is 3. The predicted molar refractivity (Wildman–Crippen MR) is 142 cm³/mol. The Morgan fingerprint density at radius 2 is 1.49 bits per heavy atom. The Hall–Kier alpha value is -3.39. The number of aliphatic imine (C=N–C) groups is 1. The standard InChI is InChI=1S/C26H22Cl2N4O2S/c1-17-20(16-30-26(29)32-35(33,34)23-5-3-2-4-6-23)15-24(18-7-11-21(27)12-8-18)25(31-17)19-9-13-22(28)14-10-19/h2-15H,16H2,1H3,(H3,29,30,32). The van der Waals surface area contributed by atoms with E-state index in [2.05, 4.69) is 9.71 Å². The molecule has 0 spiro atoms. The maximum atomic E-state index is 12.5. The zero-order chi connectivity index (χ0) is 25.0. The molecule has 0 aliphatic carbocycles. The molecule has 1 aromatic heterocycles. The molecule has 1 heterocycles. The molecule has 4 rings (SSSR count). The Morgan fingerprint density at radius 1 is 0.914 bits per heavy atom. The average Bonchev–Trinajstić information content (AvgIpc) is 2.84. The summed E-state index contributed by atoms with van der Waals surface area (Å²) < 4.78 is 27.3. The minimum absolute atomic E-state index is 0.105. The van der Waals surface area contributed by atoms with Gasteiger partial charge in [-0.2, -0.15) is 0 Å². The van der Waals surface area contributed by atoms with Crippen molar-refractivity contribution >= 4 is 39.2 Å². The maximum absolute atomic E-state index is 12.5. The minimum Gasteiger partial charge on any atom is -0.369 e. The summed E-state index contributed by atoms with van der Waals surface area (Å²) in [5.74, 6) is -0.205. The van der Waals surface area contributed by atoms with Crippen molar-refractivity contribution in [2.75, 3.05) is 0 Å². The third-order valence-electron chi connectivity index (χ3n) is 5.30. The van der Waals surface area contributed by atoms with Gasteiger partial charge in [0, 0.05) is 26.9 Å². The molecule has 178 valence electrons. The molecule has 0 atom stereocenters. The molecule has 0 saturated carbocycles. The van der Waals surface area contributed by atoms with Crippen LogP contribution in [0.3, 0.4) is 0 Å². The van der Waals surface area contributed by atoms with Crippen LogP contribution in [0.2, 0.25) is 10.0 Å². The fourth-order valence-electron chi connectivity index (χ4n) is 3.48. The molecule has 35 heavy (non-hydrogen) atoms. The van der Waals surface area contributed by atoms with Gasteiger partial charge in [-0.15, -0.1) is 0 Å². The van der Waals surface area contributed by atoms with Crippen molar-refractivity contribution in [1.82, 2.24) is 9.71 Å². The second-order valence-corrected chi connectivity index (χ2v) is 10.3. The third kappa shape index (κ3) is 6.00. The smallest absolute Gasteiger partial charge is 0.264 e. The highest BCUT2D eigenvalue weighted by Crippen LogP contribution is 2.33. The van der Waals surface area contributed by atoms with Gasteiger partial charge in [-0.1, -0.05) is 65.7 Å². The van der Waals surface area contributed by atoms with Crippen molar-refractivity contribution in [3.63, 3.8) is 0 Å². The first-order chi connectivity index (χ1) is 16.7. The first-order valence-corrected chi connectivity index (χ1v) is 12.9. The molecule has 0 radical (unpaired) electrons. The number of aromatic nitrogens is 1. The molecule has 0 bridgehead atoms. The van der Waals surface area contributed by atoms with Crippen LogP contribution in [0, 0.1) is 6.92 Å². The van der Waals surface area contributed by atoms with Crippen LogP contribution in [0.5, 0.6) is 0 Å². The quantitative estimate of drug-likeness (QED) is 0.245. The van der Waals surface area contributed by atoms with Gasteiger partial charge in [0.1, 0.15) is 0 Å². The Morgan fingerprint density at radius 3 is 2.09 bits per heavy atom. The number of nitrogens with one attached hydrogen (secondary N) is 1. The fraction of sp³-hybridized carbons (Fsp3) is 0.0769. The van der Waals surface area contributed by atoms with Crippen LogP contribution in [0.4, 0.5) is 0 Å². The number of hydrogen-bond acceptors (Lipinski definition) is 4. The molecule has 0 amide bonds. The van der Waals surface area contributed by atoms with Gasteiger partial charge in [0.2, 0.25) is 5.96 Å². The van der Waals surface area contributed by atoms with Gasteiger partial charge in [0.25, 0.3) is 10.0 Å². The zero-order valence-corrected chi connectivity index (χ0v) is 21.1. The lowest BCUT2D eigenvalue weighted by molar-refractivity contribution is 0.592. The number of pyridine rings is 1. The van der Waals surface area contributed by atoms with Crippen LogP contribution in [-0.2, 0) is 16.6 Å². The summed E-state index contributed by atoms with van der Waals surface area (Å²) in [5.41, 5.74) is 11.0. The van der Waals surface area contributed by atoms with Gasteiger partial charge >= 0.3 is 0 Å². The Kier molecular flexibility index (Phi) is 7.40. The van der Waals surface area contributed by atoms with Gasteiger partial charge in [-0.3, -0.25) is 4.98 Å². The lowest BCUT2D eigenvalue weighted by atomic mass is 9.96. The Labute approximate surface area is 214 Å². The highest BCUT2D eigenvalue weighted by Gasteiger charge is 2.16. The molecule has 9 heteroatoms. The molecule has 0 aliphatic heterocycles. The fourth-order valence-corrected chi connectivity index (χ4v) is 4.71. The molecule has 4 aromatic rings. The minimum atomic E-state index is -3.82. The highest BCUT2D eigenvalue weighted by atomic mass is 35.5. The van der Waals surface area contributed by atoms with Crippen molar-refractivity contribution in [3.8, 4) is 22.4 Å². The number of sulfonamides is 1. The second kappa shape index (κ2) is 10.5. The molecular formula is C26H22Cl2N4O2S. The number of hydrogen-bond donors (Lipinski definition) is 2. The predicted octanol–water partition coefficient (Wildman–Crippen LogP) is 5.82. The summed E-state index contributed by atoms with van der Waals surface area (Å²) in [4.78, 5) is 9.21. The summed E-state index contributed by atoms with van der Waals surface area (Å²) in [6, 6.07) is 24.9. The van der Waals surface area contributed by atoms with Crippen molar-refractivity contribution < 1.29 is 8.42 Å². The average molecular weight is 525 g/mol. The van der Waals surface area contributed by atoms with E-state index in [1.165, 1.54) is 12.1 Å². The monoisotopic (exact) mass is 524 g/mol. The van der Waals surface area contributed by atoms with Crippen molar-refractivity contribution in [3.05, 3.63) is 106 Å². The van der Waals surface area contributed by atoms with Crippen molar-refractivity contribution in [1.29, 1.82) is 0 Å². The molecular weight excluding hydrogens is 503 g/mol. The largest absolute Gasteiger partial charge is 0.369 e. The van der Waals surface area contributed by atoms with Crippen LogP contribution in [0.15, 0.2) is 94.8 Å². The van der Waals surface area contributed by atoms with E-state index in [1.807, 2.05) is 61.5 Å². The van der Waals surface area contributed by atoms with Crippen LogP contribution < -0.4 is 10.5 Å². The van der Waals surface area contributed by atoms with E-state index >= 15 is 0 Å². The number of nitrogens with two attached hydrogens (primary N) is 1. The molecule has 0 saturated heterocycles. The molecule has 3 aromatic carbocycles. The Bertz CT molecular complexity index is 1470. The van der Waals surface area contributed by atoms with Crippen LogP contribution in [0.25, 0.3) is 22.4 Å². The number of guanidine groups is 1. The SMILES string of the molecule is Cc1nc(-c2ccc(Cl)cc2)c(-c2ccc(Cl)cc2)cc1CN=C(N)NS(=O)(=O)c1ccccc1. The van der Waals surface area contributed by atoms with Crippen LogP contribution in [-0.4, -0.2) is 19.4 Å². The topological polar surface area (TPSA) is 97.4 Å². The van der Waals surface area contributed by atoms with E-state index < -0.39 is 10.0 Å². The van der Waals surface area contributed by atoms with Crippen molar-refractivity contribution in [2.45, 2.75) is 18.4 Å². The van der Waals surface area contributed by atoms with E-state index in [-0.39, 0.29) is 17.4 Å². The summed E-state index contributed by atoms with van der Waals surface area (Å²) >= 11 is 12.2. The van der Waals surface area contributed by atoms with Gasteiger partial charge < -0.3 is 5.73 Å². The summed E-state index contributed by atoms with van der Waals surface area (Å²) in [5, 5.41) is 1.27. The Balaban J connectivity index is 1.68. The number of nitrogens with zero attached hydrogens (tertiary/aromatic N) is 2. The second-order valence-electron chi connectivity index (χ2n) is 7.76. The zero-order valence-electron chi connectivity index (χ0n) is 18.7. The van der Waals surface area contributed by atoms with E-state index in [4.69, 9.17) is 33.9 Å². The summed E-state index contributed by atoms with van der Waals surface area (Å²) in [6.07, 6.45) is 0. The summed E-state index contributed by atoms with van der Waals surface area (Å²) in [7, 11) is -3.82. The van der Waals surface area contributed by atoms with E-state index in [0.29, 0.717) is 10.0 Å². The van der Waals surface area contributed by atoms with E-state index in [9.17, 15) is 8.42 Å². The highest BCUT2D eigenvalue weighted by molar-refractivity contribution is 7.90. The third-order valence-corrected chi connectivity index (χ3v) is 7.18. The number of rotatable bonds is 6. The first kappa shape index (κ1) is 24.7.